The van der Waals surface area contributed by atoms with E-state index >= 15 is 0 Å². The number of carbonyl (C=O) groups is 2. The van der Waals surface area contributed by atoms with Crippen molar-refractivity contribution in [3.63, 3.8) is 0 Å². The second kappa shape index (κ2) is 10.9. The summed E-state index contributed by atoms with van der Waals surface area (Å²) in [4.78, 5) is 24.5. The average molecular weight is 452 g/mol. The third kappa shape index (κ3) is 7.09. The highest BCUT2D eigenvalue weighted by molar-refractivity contribution is 8.00. The summed E-state index contributed by atoms with van der Waals surface area (Å²) >= 11 is 1.20. The second-order valence-electron chi connectivity index (χ2n) is 6.54. The van der Waals surface area contributed by atoms with E-state index in [0.717, 1.165) is 11.3 Å². The molecule has 0 spiro atoms. The van der Waals surface area contributed by atoms with Gasteiger partial charge in [-0.2, -0.15) is 8.78 Å². The van der Waals surface area contributed by atoms with Gasteiger partial charge in [0.25, 0.3) is 0 Å². The zero-order chi connectivity index (χ0) is 22.2. The number of hydrogen-bond donors (Lipinski definition) is 4. The lowest BCUT2D eigenvalue weighted by molar-refractivity contribution is -0.125. The number of carbonyl (C=O) groups excluding carboxylic acids is 2. The highest BCUT2D eigenvalue weighted by Gasteiger charge is 2.27. The van der Waals surface area contributed by atoms with Gasteiger partial charge in [-0.25, -0.2) is 10.9 Å². The van der Waals surface area contributed by atoms with Crippen LogP contribution in [0.25, 0.3) is 0 Å². The number of amides is 2. The van der Waals surface area contributed by atoms with Crippen LogP contribution in [0.15, 0.2) is 48.5 Å². The molecule has 2 amide bonds. The van der Waals surface area contributed by atoms with Crippen LogP contribution in [-0.2, 0) is 16.0 Å². The lowest BCUT2D eigenvalue weighted by Crippen LogP contribution is -2.64. The summed E-state index contributed by atoms with van der Waals surface area (Å²) in [6.07, 6.45) is 0.492. The van der Waals surface area contributed by atoms with E-state index in [1.54, 1.807) is 7.11 Å². The average Bonchev–Trinajstić information content (AvgIpc) is 2.75. The van der Waals surface area contributed by atoms with E-state index in [9.17, 15) is 18.4 Å². The lowest BCUT2D eigenvalue weighted by Gasteiger charge is -2.31. The molecule has 2 unspecified atom stereocenters. The van der Waals surface area contributed by atoms with Gasteiger partial charge in [-0.05, 0) is 48.4 Å². The molecule has 4 N–H and O–H groups in total. The number of halogens is 2. The number of nitrogens with one attached hydrogen (secondary N) is 4. The molecular formula is C20H22F2N4O4S. The van der Waals surface area contributed by atoms with Gasteiger partial charge in [0, 0.05) is 5.69 Å². The molecule has 0 bridgehead atoms. The van der Waals surface area contributed by atoms with Crippen molar-refractivity contribution in [3.8, 4) is 11.5 Å². The summed E-state index contributed by atoms with van der Waals surface area (Å²) in [7, 11) is 1.59. The monoisotopic (exact) mass is 452 g/mol. The van der Waals surface area contributed by atoms with Crippen LogP contribution >= 0.6 is 11.8 Å². The molecule has 2 aromatic carbocycles. The van der Waals surface area contributed by atoms with Crippen LogP contribution in [0.5, 0.6) is 11.5 Å². The van der Waals surface area contributed by atoms with Crippen LogP contribution in [0.4, 0.5) is 14.5 Å². The summed E-state index contributed by atoms with van der Waals surface area (Å²) in [5.41, 5.74) is 6.89. The van der Waals surface area contributed by atoms with E-state index in [1.807, 2.05) is 24.3 Å². The standard InChI is InChI=1S/C20H22F2N4O4S/c1-29-14-6-2-12(3-7-14)10-16-18(28)24-20(26-25-16)31-11-17(27)23-13-4-8-15(9-5-13)30-19(21)22/h2-9,16,19-20,25-26H,10-11H2,1H3,(H,23,27)(H,24,28). The molecule has 31 heavy (non-hydrogen) atoms. The van der Waals surface area contributed by atoms with E-state index in [2.05, 4.69) is 26.2 Å². The molecule has 1 fully saturated rings. The van der Waals surface area contributed by atoms with Gasteiger partial charge in [0.05, 0.1) is 12.9 Å². The molecule has 3 rings (SSSR count). The van der Waals surface area contributed by atoms with E-state index in [-0.39, 0.29) is 23.3 Å². The number of rotatable bonds is 9. The fourth-order valence-electron chi connectivity index (χ4n) is 2.81. The van der Waals surface area contributed by atoms with Crippen molar-refractivity contribution in [1.82, 2.24) is 16.2 Å². The van der Waals surface area contributed by atoms with Crippen LogP contribution in [0.3, 0.4) is 0 Å². The fraction of sp³-hybridized carbons (Fsp3) is 0.300. The van der Waals surface area contributed by atoms with Gasteiger partial charge < -0.3 is 20.1 Å². The number of ether oxygens (including phenoxy) is 2. The number of thioether (sulfide) groups is 1. The predicted octanol–water partition coefficient (Wildman–Crippen LogP) is 2.09. The maximum absolute atomic E-state index is 12.4. The van der Waals surface area contributed by atoms with Gasteiger partial charge in [0.2, 0.25) is 11.8 Å². The van der Waals surface area contributed by atoms with Crippen molar-refractivity contribution < 1.29 is 27.8 Å². The highest BCUT2D eigenvalue weighted by Crippen LogP contribution is 2.18. The van der Waals surface area contributed by atoms with Crippen molar-refractivity contribution in [1.29, 1.82) is 0 Å². The summed E-state index contributed by atoms with van der Waals surface area (Å²) in [5.74, 6) is 0.339. The van der Waals surface area contributed by atoms with Crippen molar-refractivity contribution in [2.75, 3.05) is 18.2 Å². The molecule has 0 aromatic heterocycles. The maximum atomic E-state index is 12.4. The molecule has 8 nitrogen and oxygen atoms in total. The summed E-state index contributed by atoms with van der Waals surface area (Å²) in [6, 6.07) is 12.6. The second-order valence-corrected chi connectivity index (χ2v) is 7.64. The highest BCUT2D eigenvalue weighted by atomic mass is 32.2. The van der Waals surface area contributed by atoms with E-state index in [1.165, 1.54) is 36.0 Å². The van der Waals surface area contributed by atoms with E-state index < -0.39 is 18.2 Å². The molecule has 2 atom stereocenters. The number of anilines is 1. The van der Waals surface area contributed by atoms with Gasteiger partial charge in [0.1, 0.15) is 23.0 Å². The summed E-state index contributed by atoms with van der Waals surface area (Å²) in [5, 5.41) is 5.46. The Bertz CT molecular complexity index is 884. The molecule has 166 valence electrons. The minimum absolute atomic E-state index is 0.00626. The van der Waals surface area contributed by atoms with Crippen molar-refractivity contribution in [3.05, 3.63) is 54.1 Å². The van der Waals surface area contributed by atoms with Crippen molar-refractivity contribution in [2.24, 2.45) is 0 Å². The number of benzene rings is 2. The SMILES string of the molecule is COc1ccc(CC2NNC(SCC(=O)Nc3ccc(OC(F)F)cc3)NC2=O)cc1. The molecule has 1 aliphatic rings. The minimum atomic E-state index is -2.90. The third-order valence-corrected chi connectivity index (χ3v) is 5.32. The zero-order valence-electron chi connectivity index (χ0n) is 16.6. The first-order valence-corrected chi connectivity index (χ1v) is 10.4. The first-order chi connectivity index (χ1) is 14.9. The largest absolute Gasteiger partial charge is 0.497 e. The Labute approximate surface area is 182 Å². The van der Waals surface area contributed by atoms with Gasteiger partial charge in [0.15, 0.2) is 0 Å². The van der Waals surface area contributed by atoms with Crippen LogP contribution in [-0.4, -0.2) is 42.8 Å². The molecule has 2 aromatic rings. The molecule has 1 heterocycles. The zero-order valence-corrected chi connectivity index (χ0v) is 17.4. The minimum Gasteiger partial charge on any atom is -0.497 e. The van der Waals surface area contributed by atoms with Gasteiger partial charge in [-0.3, -0.25) is 9.59 Å². The van der Waals surface area contributed by atoms with E-state index in [4.69, 9.17) is 4.74 Å². The molecule has 1 saturated heterocycles. The first kappa shape index (κ1) is 22.8. The summed E-state index contributed by atoms with van der Waals surface area (Å²) < 4.78 is 33.7. The lowest BCUT2D eigenvalue weighted by atomic mass is 10.1. The topological polar surface area (TPSA) is 101 Å². The predicted molar refractivity (Wildman–Crippen MR) is 113 cm³/mol. The van der Waals surface area contributed by atoms with Gasteiger partial charge in [-0.1, -0.05) is 12.1 Å². The number of alkyl halides is 2. The molecule has 0 saturated carbocycles. The molecule has 0 radical (unpaired) electrons. The molecule has 11 heteroatoms. The Morgan fingerprint density at radius 2 is 1.77 bits per heavy atom. The van der Waals surface area contributed by atoms with Gasteiger partial charge in [-0.15, -0.1) is 11.8 Å². The quantitative estimate of drug-likeness (QED) is 0.462. The first-order valence-electron chi connectivity index (χ1n) is 9.33. The fourth-order valence-corrected chi connectivity index (χ4v) is 3.55. The third-order valence-electron chi connectivity index (χ3n) is 4.32. The van der Waals surface area contributed by atoms with Gasteiger partial charge >= 0.3 is 6.61 Å². The Kier molecular flexibility index (Phi) is 8.04. The van der Waals surface area contributed by atoms with Crippen LogP contribution in [0, 0.1) is 0 Å². The molecular weight excluding hydrogens is 430 g/mol. The number of hydrazine groups is 1. The van der Waals surface area contributed by atoms with Crippen LogP contribution < -0.4 is 31.0 Å². The maximum Gasteiger partial charge on any atom is 0.387 e. The van der Waals surface area contributed by atoms with Crippen LogP contribution in [0.2, 0.25) is 0 Å². The van der Waals surface area contributed by atoms with Crippen LogP contribution in [0.1, 0.15) is 5.56 Å². The number of methoxy groups -OCH3 is 1. The Morgan fingerprint density at radius 1 is 1.10 bits per heavy atom. The number of hydrogen-bond acceptors (Lipinski definition) is 7. The smallest absolute Gasteiger partial charge is 0.387 e. The normalized spacial score (nSPS) is 18.4. The van der Waals surface area contributed by atoms with Crippen molar-refractivity contribution in [2.45, 2.75) is 24.6 Å². The summed E-state index contributed by atoms with van der Waals surface area (Å²) in [6.45, 7) is -2.90. The Balaban J connectivity index is 1.40. The van der Waals surface area contributed by atoms with E-state index in [0.29, 0.717) is 12.1 Å². The Hall–Kier alpha value is -2.89. The Morgan fingerprint density at radius 3 is 2.39 bits per heavy atom. The molecule has 1 aliphatic heterocycles. The molecule has 0 aliphatic carbocycles. The van der Waals surface area contributed by atoms with Crippen molar-refractivity contribution >= 4 is 29.3 Å².